The molecule has 1 saturated carbocycles. The first-order chi connectivity index (χ1) is 7.62. The third-order valence-corrected chi connectivity index (χ3v) is 3.84. The Kier molecular flexibility index (Phi) is 5.56. The van der Waals surface area contributed by atoms with Crippen LogP contribution in [0.4, 0.5) is 0 Å². The van der Waals surface area contributed by atoms with Gasteiger partial charge in [0.25, 0.3) is 0 Å². The van der Waals surface area contributed by atoms with Crippen molar-refractivity contribution in [1.29, 1.82) is 0 Å². The highest BCUT2D eigenvalue weighted by Gasteiger charge is 2.34. The third-order valence-electron chi connectivity index (χ3n) is 3.33. The van der Waals surface area contributed by atoms with Gasteiger partial charge >= 0.3 is 0 Å². The molecule has 94 valence electrons. The Bertz CT molecular complexity index is 225. The van der Waals surface area contributed by atoms with Crippen LogP contribution in [-0.2, 0) is 9.53 Å². The van der Waals surface area contributed by atoms with Gasteiger partial charge < -0.3 is 10.1 Å². The smallest absolute Gasteiger partial charge is 0.246 e. The van der Waals surface area contributed by atoms with Crippen LogP contribution in [0.5, 0.6) is 0 Å². The lowest BCUT2D eigenvalue weighted by molar-refractivity contribution is -0.127. The summed E-state index contributed by atoms with van der Waals surface area (Å²) in [6.45, 7) is 4.84. The summed E-state index contributed by atoms with van der Waals surface area (Å²) in [5.41, 5.74) is -0.192. The maximum absolute atomic E-state index is 11.6. The molecule has 4 heteroatoms. The second-order valence-corrected chi connectivity index (χ2v) is 5.05. The number of nitrogens with one attached hydrogen (secondary N) is 1. The zero-order chi connectivity index (χ0) is 12.0. The van der Waals surface area contributed by atoms with E-state index in [0.717, 1.165) is 31.6 Å². The van der Waals surface area contributed by atoms with Gasteiger partial charge in [-0.05, 0) is 38.5 Å². The van der Waals surface area contributed by atoms with Gasteiger partial charge in [0, 0.05) is 12.5 Å². The van der Waals surface area contributed by atoms with E-state index in [4.69, 9.17) is 16.3 Å². The zero-order valence-electron chi connectivity index (χ0n) is 10.2. The van der Waals surface area contributed by atoms with Crippen LogP contribution in [-0.4, -0.2) is 30.5 Å². The van der Waals surface area contributed by atoms with E-state index in [-0.39, 0.29) is 18.1 Å². The van der Waals surface area contributed by atoms with Crippen molar-refractivity contribution in [1.82, 2.24) is 5.32 Å². The number of hydrogen-bond acceptors (Lipinski definition) is 2. The fourth-order valence-corrected chi connectivity index (χ4v) is 2.47. The van der Waals surface area contributed by atoms with Crippen LogP contribution >= 0.6 is 11.6 Å². The number of carbonyl (C=O) groups is 1. The molecular weight excluding hydrogens is 226 g/mol. The molecule has 0 saturated heterocycles. The Balaban J connectivity index is 2.44. The van der Waals surface area contributed by atoms with Gasteiger partial charge in [-0.1, -0.05) is 6.92 Å². The summed E-state index contributed by atoms with van der Waals surface area (Å²) in [6.07, 6.45) is 4.24. The first kappa shape index (κ1) is 13.8. The molecule has 0 aromatic heterocycles. The lowest BCUT2D eigenvalue weighted by Gasteiger charge is -2.38. The second-order valence-electron chi connectivity index (χ2n) is 4.78. The largest absolute Gasteiger partial charge is 0.372 e. The normalized spacial score (nSPS) is 30.1. The zero-order valence-corrected chi connectivity index (χ0v) is 11.0. The molecule has 1 N–H and O–H groups in total. The predicted molar refractivity (Wildman–Crippen MR) is 65.7 cm³/mol. The number of amides is 1. The summed E-state index contributed by atoms with van der Waals surface area (Å²) in [5.74, 6) is 1.20. The third kappa shape index (κ3) is 3.95. The quantitative estimate of drug-likeness (QED) is 0.758. The minimum atomic E-state index is -0.192. The van der Waals surface area contributed by atoms with Crippen molar-refractivity contribution in [3.8, 4) is 0 Å². The summed E-state index contributed by atoms with van der Waals surface area (Å²) in [7, 11) is 0. The lowest BCUT2D eigenvalue weighted by Crippen LogP contribution is -2.53. The standard InChI is InChI=1S/C12H22ClNO2/c1-3-16-8-11(15)14-12(9-13)6-4-10(2)5-7-12/h10H,3-9H2,1-2H3,(H,14,15). The summed E-state index contributed by atoms with van der Waals surface area (Å²) >= 11 is 6.01. The first-order valence-electron chi connectivity index (χ1n) is 6.06. The average molecular weight is 248 g/mol. The Labute approximate surface area is 103 Å². The molecule has 1 aliphatic carbocycles. The van der Waals surface area contributed by atoms with E-state index < -0.39 is 0 Å². The van der Waals surface area contributed by atoms with Gasteiger partial charge in [-0.15, -0.1) is 11.6 Å². The number of carbonyl (C=O) groups excluding carboxylic acids is 1. The highest BCUT2D eigenvalue weighted by Crippen LogP contribution is 2.32. The molecule has 1 aliphatic rings. The summed E-state index contributed by atoms with van der Waals surface area (Å²) in [6, 6.07) is 0. The summed E-state index contributed by atoms with van der Waals surface area (Å²) in [4.78, 5) is 11.6. The summed E-state index contributed by atoms with van der Waals surface area (Å²) in [5, 5.41) is 3.04. The average Bonchev–Trinajstić information content (AvgIpc) is 2.30. The lowest BCUT2D eigenvalue weighted by atomic mass is 9.78. The minimum Gasteiger partial charge on any atom is -0.372 e. The van der Waals surface area contributed by atoms with E-state index >= 15 is 0 Å². The molecule has 1 amide bonds. The Morgan fingerprint density at radius 3 is 2.62 bits per heavy atom. The van der Waals surface area contributed by atoms with Gasteiger partial charge in [0.05, 0.1) is 5.54 Å². The maximum Gasteiger partial charge on any atom is 0.246 e. The number of ether oxygens (including phenoxy) is 1. The van der Waals surface area contributed by atoms with Crippen LogP contribution in [0.3, 0.4) is 0 Å². The van der Waals surface area contributed by atoms with Gasteiger partial charge in [-0.3, -0.25) is 4.79 Å². The van der Waals surface area contributed by atoms with Crippen molar-refractivity contribution in [3.05, 3.63) is 0 Å². The Morgan fingerprint density at radius 2 is 2.12 bits per heavy atom. The van der Waals surface area contributed by atoms with Crippen LogP contribution in [0, 0.1) is 5.92 Å². The molecule has 1 rings (SSSR count). The van der Waals surface area contributed by atoms with E-state index in [2.05, 4.69) is 12.2 Å². The van der Waals surface area contributed by atoms with Crippen molar-refractivity contribution in [2.75, 3.05) is 19.1 Å². The van der Waals surface area contributed by atoms with Crippen molar-refractivity contribution >= 4 is 17.5 Å². The SMILES string of the molecule is CCOCC(=O)NC1(CCl)CCC(C)CC1. The second kappa shape index (κ2) is 6.45. The van der Waals surface area contributed by atoms with Crippen molar-refractivity contribution < 1.29 is 9.53 Å². The summed E-state index contributed by atoms with van der Waals surface area (Å²) < 4.78 is 5.09. The highest BCUT2D eigenvalue weighted by atomic mass is 35.5. The minimum absolute atomic E-state index is 0.0444. The molecule has 0 atom stereocenters. The number of hydrogen-bond donors (Lipinski definition) is 1. The van der Waals surface area contributed by atoms with E-state index in [1.54, 1.807) is 0 Å². The Hall–Kier alpha value is -0.280. The molecule has 0 aromatic rings. The van der Waals surface area contributed by atoms with Gasteiger partial charge in [-0.2, -0.15) is 0 Å². The molecular formula is C12H22ClNO2. The predicted octanol–water partition coefficient (Wildman–Crippen LogP) is 2.33. The fourth-order valence-electron chi connectivity index (χ4n) is 2.13. The maximum atomic E-state index is 11.6. The number of rotatable bonds is 5. The van der Waals surface area contributed by atoms with E-state index in [0.29, 0.717) is 12.5 Å². The van der Waals surface area contributed by atoms with E-state index in [1.165, 1.54) is 0 Å². The van der Waals surface area contributed by atoms with Crippen molar-refractivity contribution in [2.45, 2.75) is 45.1 Å². The van der Waals surface area contributed by atoms with Gasteiger partial charge in [-0.25, -0.2) is 0 Å². The van der Waals surface area contributed by atoms with Crippen LogP contribution in [0.1, 0.15) is 39.5 Å². The van der Waals surface area contributed by atoms with Crippen LogP contribution in [0.2, 0.25) is 0 Å². The van der Waals surface area contributed by atoms with E-state index in [1.807, 2.05) is 6.92 Å². The van der Waals surface area contributed by atoms with Gasteiger partial charge in [0.2, 0.25) is 5.91 Å². The highest BCUT2D eigenvalue weighted by molar-refractivity contribution is 6.18. The molecule has 0 unspecified atom stereocenters. The number of alkyl halides is 1. The Morgan fingerprint density at radius 1 is 1.50 bits per heavy atom. The first-order valence-corrected chi connectivity index (χ1v) is 6.60. The van der Waals surface area contributed by atoms with Gasteiger partial charge in [0.15, 0.2) is 0 Å². The van der Waals surface area contributed by atoms with Crippen LogP contribution in [0.15, 0.2) is 0 Å². The molecule has 0 radical (unpaired) electrons. The van der Waals surface area contributed by atoms with E-state index in [9.17, 15) is 4.79 Å². The van der Waals surface area contributed by atoms with Gasteiger partial charge in [0.1, 0.15) is 6.61 Å². The molecule has 0 bridgehead atoms. The fraction of sp³-hybridized carbons (Fsp3) is 0.917. The molecule has 1 fully saturated rings. The van der Waals surface area contributed by atoms with Crippen molar-refractivity contribution in [2.24, 2.45) is 5.92 Å². The van der Waals surface area contributed by atoms with Crippen LogP contribution in [0.25, 0.3) is 0 Å². The number of halogens is 1. The monoisotopic (exact) mass is 247 g/mol. The molecule has 0 heterocycles. The topological polar surface area (TPSA) is 38.3 Å². The van der Waals surface area contributed by atoms with Crippen molar-refractivity contribution in [3.63, 3.8) is 0 Å². The molecule has 16 heavy (non-hydrogen) atoms. The molecule has 0 aromatic carbocycles. The molecule has 0 aliphatic heterocycles. The molecule has 3 nitrogen and oxygen atoms in total. The molecule has 0 spiro atoms. The van der Waals surface area contributed by atoms with Crippen LogP contribution < -0.4 is 5.32 Å².